The van der Waals surface area contributed by atoms with Gasteiger partial charge in [-0.05, 0) is 18.2 Å². The molecule has 0 aliphatic heterocycles. The molecule has 0 atom stereocenters. The third-order valence-corrected chi connectivity index (χ3v) is 2.99. The average molecular weight is 292 g/mol. The lowest BCUT2D eigenvalue weighted by Gasteiger charge is -2.08. The fourth-order valence-electron chi connectivity index (χ4n) is 0.972. The summed E-state index contributed by atoms with van der Waals surface area (Å²) >= 11 is 3.16. The second kappa shape index (κ2) is 4.78. The first-order chi connectivity index (χ1) is 6.95. The molecule has 1 rings (SSSR count). The summed E-state index contributed by atoms with van der Waals surface area (Å²) in [6.45, 7) is 3.70. The maximum atomic E-state index is 11.2. The Hall–Kier alpha value is -0.850. The molecule has 0 spiro atoms. The molecule has 0 aromatic heterocycles. The number of hydrogen-bond donors (Lipinski definition) is 1. The lowest BCUT2D eigenvalue weighted by Crippen LogP contribution is -2.14. The zero-order chi connectivity index (χ0) is 11.5. The van der Waals surface area contributed by atoms with Gasteiger partial charge in [0.05, 0.1) is 0 Å². The SMILES string of the molecule is C=CCOc1ccc(Br)cc1S(N)(=O)=O. The van der Waals surface area contributed by atoms with Gasteiger partial charge in [0.25, 0.3) is 0 Å². The molecule has 0 bridgehead atoms. The van der Waals surface area contributed by atoms with Crippen molar-refractivity contribution in [2.24, 2.45) is 5.14 Å². The van der Waals surface area contributed by atoms with E-state index in [0.29, 0.717) is 4.47 Å². The number of benzene rings is 1. The molecule has 1 aromatic carbocycles. The van der Waals surface area contributed by atoms with E-state index in [9.17, 15) is 8.42 Å². The molecule has 4 nitrogen and oxygen atoms in total. The first-order valence-electron chi connectivity index (χ1n) is 4.01. The Balaban J connectivity index is 3.21. The van der Waals surface area contributed by atoms with Crippen molar-refractivity contribution in [1.29, 1.82) is 0 Å². The van der Waals surface area contributed by atoms with Crippen molar-refractivity contribution in [2.45, 2.75) is 4.90 Å². The largest absolute Gasteiger partial charge is 0.488 e. The fraction of sp³-hybridized carbons (Fsp3) is 0.111. The van der Waals surface area contributed by atoms with E-state index in [4.69, 9.17) is 9.88 Å². The van der Waals surface area contributed by atoms with E-state index in [2.05, 4.69) is 22.5 Å². The molecule has 0 saturated carbocycles. The molecule has 0 radical (unpaired) electrons. The van der Waals surface area contributed by atoms with Gasteiger partial charge in [-0.3, -0.25) is 0 Å². The van der Waals surface area contributed by atoms with Gasteiger partial charge < -0.3 is 4.74 Å². The summed E-state index contributed by atoms with van der Waals surface area (Å²) in [4.78, 5) is -0.0428. The highest BCUT2D eigenvalue weighted by molar-refractivity contribution is 9.10. The summed E-state index contributed by atoms with van der Waals surface area (Å²) in [5.41, 5.74) is 0. The Morgan fingerprint density at radius 1 is 1.53 bits per heavy atom. The van der Waals surface area contributed by atoms with Gasteiger partial charge in [-0.25, -0.2) is 13.6 Å². The van der Waals surface area contributed by atoms with Crippen LogP contribution in [0.1, 0.15) is 0 Å². The van der Waals surface area contributed by atoms with Crippen LogP contribution in [-0.2, 0) is 10.0 Å². The maximum Gasteiger partial charge on any atom is 0.241 e. The Morgan fingerprint density at radius 3 is 2.73 bits per heavy atom. The molecule has 0 saturated heterocycles. The van der Waals surface area contributed by atoms with Crippen LogP contribution in [-0.4, -0.2) is 15.0 Å². The highest BCUT2D eigenvalue weighted by Gasteiger charge is 2.15. The van der Waals surface area contributed by atoms with Crippen LogP contribution >= 0.6 is 15.9 Å². The Morgan fingerprint density at radius 2 is 2.20 bits per heavy atom. The van der Waals surface area contributed by atoms with Crippen molar-refractivity contribution >= 4 is 26.0 Å². The van der Waals surface area contributed by atoms with Crippen LogP contribution in [0.3, 0.4) is 0 Å². The fourth-order valence-corrected chi connectivity index (χ4v) is 2.18. The van der Waals surface area contributed by atoms with Crippen molar-refractivity contribution in [3.05, 3.63) is 35.3 Å². The highest BCUT2D eigenvalue weighted by atomic mass is 79.9. The quantitative estimate of drug-likeness (QED) is 0.858. The lowest BCUT2D eigenvalue weighted by atomic mass is 10.3. The van der Waals surface area contributed by atoms with Crippen molar-refractivity contribution in [3.63, 3.8) is 0 Å². The molecule has 0 fully saturated rings. The number of nitrogens with two attached hydrogens (primary N) is 1. The van der Waals surface area contributed by atoms with Crippen molar-refractivity contribution in [2.75, 3.05) is 6.61 Å². The summed E-state index contributed by atoms with van der Waals surface area (Å²) in [5.74, 6) is 0.223. The highest BCUT2D eigenvalue weighted by Crippen LogP contribution is 2.26. The molecule has 0 aliphatic rings. The van der Waals surface area contributed by atoms with E-state index < -0.39 is 10.0 Å². The Kier molecular flexibility index (Phi) is 3.90. The van der Waals surface area contributed by atoms with Crippen molar-refractivity contribution < 1.29 is 13.2 Å². The topological polar surface area (TPSA) is 69.4 Å². The number of rotatable bonds is 4. The standard InChI is InChI=1S/C9H10BrNO3S/c1-2-5-14-8-4-3-7(10)6-9(8)15(11,12)13/h2-4,6H,1,5H2,(H2,11,12,13). The minimum atomic E-state index is -3.78. The average Bonchev–Trinajstić information content (AvgIpc) is 2.14. The van der Waals surface area contributed by atoms with Gasteiger partial charge in [0.1, 0.15) is 17.3 Å². The summed E-state index contributed by atoms with van der Waals surface area (Å²) in [7, 11) is -3.78. The van der Waals surface area contributed by atoms with E-state index in [1.54, 1.807) is 6.07 Å². The normalized spacial score (nSPS) is 11.1. The van der Waals surface area contributed by atoms with Crippen LogP contribution in [0.4, 0.5) is 0 Å². The predicted octanol–water partition coefficient (Wildman–Crippen LogP) is 1.66. The third-order valence-electron chi connectivity index (χ3n) is 1.57. The van der Waals surface area contributed by atoms with Gasteiger partial charge in [-0.15, -0.1) is 0 Å². The zero-order valence-electron chi connectivity index (χ0n) is 7.81. The second-order valence-corrected chi connectivity index (χ2v) is 5.18. The van der Waals surface area contributed by atoms with Gasteiger partial charge in [0.15, 0.2) is 0 Å². The summed E-state index contributed by atoms with van der Waals surface area (Å²) in [5, 5.41) is 5.04. The van der Waals surface area contributed by atoms with E-state index in [0.717, 1.165) is 0 Å². The smallest absolute Gasteiger partial charge is 0.241 e. The second-order valence-electron chi connectivity index (χ2n) is 2.74. The predicted molar refractivity (Wildman–Crippen MR) is 61.2 cm³/mol. The molecule has 82 valence electrons. The Labute approximate surface area is 96.9 Å². The Bertz CT molecular complexity index is 470. The maximum absolute atomic E-state index is 11.2. The van der Waals surface area contributed by atoms with Crippen LogP contribution in [0.15, 0.2) is 40.2 Å². The minimum absolute atomic E-state index is 0.0428. The summed E-state index contributed by atoms with van der Waals surface area (Å²) < 4.78 is 28.2. The van der Waals surface area contributed by atoms with Gasteiger partial charge in [-0.2, -0.15) is 0 Å². The van der Waals surface area contributed by atoms with Crippen molar-refractivity contribution in [3.8, 4) is 5.75 Å². The van der Waals surface area contributed by atoms with Gasteiger partial charge >= 0.3 is 0 Å². The first-order valence-corrected chi connectivity index (χ1v) is 6.35. The van der Waals surface area contributed by atoms with Crippen LogP contribution in [0.5, 0.6) is 5.75 Å². The number of primary sulfonamides is 1. The van der Waals surface area contributed by atoms with Crippen LogP contribution in [0, 0.1) is 0 Å². The monoisotopic (exact) mass is 291 g/mol. The van der Waals surface area contributed by atoms with Gasteiger partial charge in [-0.1, -0.05) is 28.6 Å². The molecule has 1 aromatic rings. The third kappa shape index (κ3) is 3.33. The van der Waals surface area contributed by atoms with Gasteiger partial charge in [0.2, 0.25) is 10.0 Å². The molecule has 15 heavy (non-hydrogen) atoms. The zero-order valence-corrected chi connectivity index (χ0v) is 10.2. The number of ether oxygens (including phenoxy) is 1. The summed E-state index contributed by atoms with van der Waals surface area (Å²) in [6.07, 6.45) is 1.52. The minimum Gasteiger partial charge on any atom is -0.488 e. The van der Waals surface area contributed by atoms with E-state index in [1.807, 2.05) is 0 Å². The molecule has 0 unspecified atom stereocenters. The van der Waals surface area contributed by atoms with Gasteiger partial charge in [0, 0.05) is 4.47 Å². The van der Waals surface area contributed by atoms with E-state index in [-0.39, 0.29) is 17.3 Å². The number of hydrogen-bond acceptors (Lipinski definition) is 3. The molecule has 0 heterocycles. The molecule has 0 amide bonds. The molecule has 2 N–H and O–H groups in total. The molecule has 0 aliphatic carbocycles. The van der Waals surface area contributed by atoms with Crippen molar-refractivity contribution in [1.82, 2.24) is 0 Å². The van der Waals surface area contributed by atoms with E-state index in [1.165, 1.54) is 18.2 Å². The van der Waals surface area contributed by atoms with Crippen LogP contribution in [0.25, 0.3) is 0 Å². The van der Waals surface area contributed by atoms with Crippen LogP contribution < -0.4 is 9.88 Å². The number of halogens is 1. The molecule has 6 heteroatoms. The first kappa shape index (κ1) is 12.2. The summed E-state index contributed by atoms with van der Waals surface area (Å²) in [6, 6.07) is 4.61. The number of sulfonamides is 1. The molecular formula is C9H10BrNO3S. The lowest BCUT2D eigenvalue weighted by molar-refractivity contribution is 0.353. The van der Waals surface area contributed by atoms with Crippen LogP contribution in [0.2, 0.25) is 0 Å². The van der Waals surface area contributed by atoms with E-state index >= 15 is 0 Å². The molecular weight excluding hydrogens is 282 g/mol.